The van der Waals surface area contributed by atoms with Crippen LogP contribution in [0.5, 0.6) is 0 Å². The lowest BCUT2D eigenvalue weighted by atomic mass is 9.92. The Balaban J connectivity index is 1.39. The summed E-state index contributed by atoms with van der Waals surface area (Å²) < 4.78 is 0. The fourth-order valence-corrected chi connectivity index (χ4v) is 4.71. The van der Waals surface area contributed by atoms with Crippen molar-refractivity contribution >= 4 is 11.3 Å². The van der Waals surface area contributed by atoms with E-state index in [1.165, 1.54) is 54.9 Å². The maximum atomic E-state index is 3.61. The van der Waals surface area contributed by atoms with Gasteiger partial charge in [-0.2, -0.15) is 0 Å². The molecule has 2 fully saturated rings. The Morgan fingerprint density at radius 3 is 3.00 bits per heavy atom. The third-order valence-electron chi connectivity index (χ3n) is 4.78. The van der Waals surface area contributed by atoms with Crippen LogP contribution in [0.25, 0.3) is 0 Å². The number of hydrogen-bond acceptors (Lipinski definition) is 3. The Bertz CT molecular complexity index is 401. The topological polar surface area (TPSA) is 15.3 Å². The summed E-state index contributed by atoms with van der Waals surface area (Å²) in [6.45, 7) is 6.94. The van der Waals surface area contributed by atoms with E-state index in [1.54, 1.807) is 0 Å². The zero-order valence-electron chi connectivity index (χ0n) is 12.0. The highest BCUT2D eigenvalue weighted by atomic mass is 32.1. The summed E-state index contributed by atoms with van der Waals surface area (Å²) in [6.07, 6.45) is 7.32. The predicted octanol–water partition coefficient (Wildman–Crippen LogP) is 3.41. The molecule has 2 aliphatic rings. The van der Waals surface area contributed by atoms with Gasteiger partial charge in [0.2, 0.25) is 0 Å². The third-order valence-corrected chi connectivity index (χ3v) is 5.78. The first kappa shape index (κ1) is 13.6. The van der Waals surface area contributed by atoms with Crippen LogP contribution in [0, 0.1) is 12.8 Å². The first-order valence-corrected chi connectivity index (χ1v) is 8.64. The van der Waals surface area contributed by atoms with E-state index in [2.05, 4.69) is 29.3 Å². The summed E-state index contributed by atoms with van der Waals surface area (Å²) in [7, 11) is 0. The van der Waals surface area contributed by atoms with Gasteiger partial charge in [0.1, 0.15) is 0 Å². The highest BCUT2D eigenvalue weighted by molar-refractivity contribution is 7.11. The number of fused-ring (bicyclic) bond motifs is 1. The number of likely N-dealkylation sites (tertiary alicyclic amines) is 1. The molecule has 106 valence electrons. The molecular weight excluding hydrogens is 252 g/mol. The fraction of sp³-hybridized carbons (Fsp3) is 0.750. The molecule has 2 atom stereocenters. The van der Waals surface area contributed by atoms with Crippen molar-refractivity contribution in [3.8, 4) is 0 Å². The van der Waals surface area contributed by atoms with Gasteiger partial charge in [-0.05, 0) is 57.2 Å². The lowest BCUT2D eigenvalue weighted by molar-refractivity contribution is 0.114. The number of nitrogens with zero attached hydrogens (tertiary/aromatic N) is 1. The zero-order valence-corrected chi connectivity index (χ0v) is 12.8. The second-order valence-electron chi connectivity index (χ2n) is 6.13. The lowest BCUT2D eigenvalue weighted by Crippen LogP contribution is -2.45. The fourth-order valence-electron chi connectivity index (χ4n) is 3.85. The molecule has 1 aliphatic carbocycles. The molecule has 1 saturated heterocycles. The molecule has 1 aliphatic heterocycles. The van der Waals surface area contributed by atoms with Crippen molar-refractivity contribution in [1.82, 2.24) is 10.2 Å². The molecule has 2 nitrogen and oxygen atoms in total. The number of hydrogen-bond donors (Lipinski definition) is 1. The van der Waals surface area contributed by atoms with Crippen LogP contribution in [0.4, 0.5) is 0 Å². The zero-order chi connectivity index (χ0) is 13.1. The van der Waals surface area contributed by atoms with Crippen LogP contribution in [0.15, 0.2) is 12.1 Å². The second-order valence-corrected chi connectivity index (χ2v) is 7.50. The van der Waals surface area contributed by atoms with E-state index < -0.39 is 0 Å². The van der Waals surface area contributed by atoms with Gasteiger partial charge in [-0.15, -0.1) is 11.3 Å². The van der Waals surface area contributed by atoms with Crippen LogP contribution in [0.3, 0.4) is 0 Å². The van der Waals surface area contributed by atoms with E-state index in [9.17, 15) is 0 Å². The second kappa shape index (κ2) is 6.38. The quantitative estimate of drug-likeness (QED) is 0.830. The Morgan fingerprint density at radius 2 is 2.16 bits per heavy atom. The molecule has 1 N–H and O–H groups in total. The number of piperidine rings is 1. The molecule has 19 heavy (non-hydrogen) atoms. The largest absolute Gasteiger partial charge is 0.311 e. The van der Waals surface area contributed by atoms with Gasteiger partial charge in [0.25, 0.3) is 0 Å². The normalized spacial score (nSPS) is 27.6. The standard InChI is InChI=1S/C16H26N2S/c1-13-7-8-15(19-13)12-17-9-11-18-10-3-5-14-4-2-6-16(14)18/h7-8,14,16-17H,2-6,9-12H2,1H3. The summed E-state index contributed by atoms with van der Waals surface area (Å²) in [6, 6.07) is 5.38. The van der Waals surface area contributed by atoms with Crippen LogP contribution < -0.4 is 5.32 Å². The van der Waals surface area contributed by atoms with E-state index >= 15 is 0 Å². The van der Waals surface area contributed by atoms with Crippen molar-refractivity contribution in [2.45, 2.75) is 51.6 Å². The molecule has 0 aromatic carbocycles. The maximum absolute atomic E-state index is 3.61. The number of thiophene rings is 1. The molecule has 0 amide bonds. The molecular formula is C16H26N2S. The van der Waals surface area contributed by atoms with Gasteiger partial charge in [0, 0.05) is 35.4 Å². The minimum Gasteiger partial charge on any atom is -0.311 e. The Kier molecular flexibility index (Phi) is 4.57. The van der Waals surface area contributed by atoms with Gasteiger partial charge < -0.3 is 5.32 Å². The van der Waals surface area contributed by atoms with Crippen molar-refractivity contribution < 1.29 is 0 Å². The minimum absolute atomic E-state index is 0.916. The first-order valence-electron chi connectivity index (χ1n) is 7.83. The molecule has 0 spiro atoms. The smallest absolute Gasteiger partial charge is 0.0300 e. The van der Waals surface area contributed by atoms with Crippen molar-refractivity contribution in [3.05, 3.63) is 21.9 Å². The van der Waals surface area contributed by atoms with Gasteiger partial charge in [0.05, 0.1) is 0 Å². The summed E-state index contributed by atoms with van der Waals surface area (Å²) in [5.74, 6) is 1.02. The molecule has 2 heterocycles. The van der Waals surface area contributed by atoms with E-state index in [0.29, 0.717) is 0 Å². The molecule has 0 radical (unpaired) electrons. The highest BCUT2D eigenvalue weighted by Crippen LogP contribution is 2.36. The third kappa shape index (κ3) is 3.39. The SMILES string of the molecule is Cc1ccc(CNCCN2CCCC3CCCC32)s1. The summed E-state index contributed by atoms with van der Waals surface area (Å²) in [4.78, 5) is 5.64. The van der Waals surface area contributed by atoms with Crippen LogP contribution in [0.2, 0.25) is 0 Å². The lowest BCUT2D eigenvalue weighted by Gasteiger charge is -2.37. The molecule has 3 heteroatoms. The minimum atomic E-state index is 0.916. The molecule has 3 rings (SSSR count). The monoisotopic (exact) mass is 278 g/mol. The van der Waals surface area contributed by atoms with Crippen molar-refractivity contribution in [2.24, 2.45) is 5.92 Å². The van der Waals surface area contributed by atoms with Gasteiger partial charge in [-0.25, -0.2) is 0 Å². The molecule has 0 bridgehead atoms. The van der Waals surface area contributed by atoms with Crippen molar-refractivity contribution in [2.75, 3.05) is 19.6 Å². The van der Waals surface area contributed by atoms with Gasteiger partial charge in [-0.3, -0.25) is 4.90 Å². The molecule has 1 saturated carbocycles. The average Bonchev–Trinajstić information content (AvgIpc) is 3.03. The van der Waals surface area contributed by atoms with Crippen molar-refractivity contribution in [3.63, 3.8) is 0 Å². The van der Waals surface area contributed by atoms with E-state index in [-0.39, 0.29) is 0 Å². The summed E-state index contributed by atoms with van der Waals surface area (Å²) >= 11 is 1.91. The van der Waals surface area contributed by atoms with Gasteiger partial charge in [-0.1, -0.05) is 6.42 Å². The average molecular weight is 278 g/mol. The van der Waals surface area contributed by atoms with E-state index in [1.807, 2.05) is 11.3 Å². The number of rotatable bonds is 5. The van der Waals surface area contributed by atoms with Crippen LogP contribution in [-0.4, -0.2) is 30.6 Å². The molecule has 1 aromatic rings. The predicted molar refractivity (Wildman–Crippen MR) is 82.7 cm³/mol. The Hall–Kier alpha value is -0.380. The van der Waals surface area contributed by atoms with Gasteiger partial charge in [0.15, 0.2) is 0 Å². The number of nitrogens with one attached hydrogen (secondary N) is 1. The van der Waals surface area contributed by atoms with E-state index in [4.69, 9.17) is 0 Å². The summed E-state index contributed by atoms with van der Waals surface area (Å²) in [5.41, 5.74) is 0. The maximum Gasteiger partial charge on any atom is 0.0300 e. The van der Waals surface area contributed by atoms with Crippen molar-refractivity contribution in [1.29, 1.82) is 0 Å². The number of aryl methyl sites for hydroxylation is 1. The Labute approximate surface area is 121 Å². The molecule has 2 unspecified atom stereocenters. The van der Waals surface area contributed by atoms with Crippen LogP contribution in [0.1, 0.15) is 41.9 Å². The van der Waals surface area contributed by atoms with Crippen LogP contribution in [-0.2, 0) is 6.54 Å². The first-order chi connectivity index (χ1) is 9.33. The summed E-state index contributed by atoms with van der Waals surface area (Å²) in [5, 5.41) is 3.61. The molecule has 1 aromatic heterocycles. The van der Waals surface area contributed by atoms with Crippen LogP contribution >= 0.6 is 11.3 Å². The van der Waals surface area contributed by atoms with Gasteiger partial charge >= 0.3 is 0 Å². The van der Waals surface area contributed by atoms with E-state index in [0.717, 1.165) is 25.0 Å². The Morgan fingerprint density at radius 1 is 1.26 bits per heavy atom. The highest BCUT2D eigenvalue weighted by Gasteiger charge is 2.34.